The van der Waals surface area contributed by atoms with Crippen molar-refractivity contribution in [2.24, 2.45) is 5.92 Å². The molecule has 0 aromatic rings. The quantitative estimate of drug-likeness (QED) is 0.719. The van der Waals surface area contributed by atoms with Gasteiger partial charge < -0.3 is 9.64 Å². The molecule has 2 aliphatic rings. The number of nitrogens with zero attached hydrogens (tertiary/aromatic N) is 1. The highest BCUT2D eigenvalue weighted by Crippen LogP contribution is 2.43. The van der Waals surface area contributed by atoms with E-state index < -0.39 is 0 Å². The molecule has 1 amide bonds. The first kappa shape index (κ1) is 14.8. The summed E-state index contributed by atoms with van der Waals surface area (Å²) in [5.74, 6) is 0.798. The monoisotopic (exact) mass is 268 g/mol. The minimum atomic E-state index is -0.177. The largest absolute Gasteiger partial charge is 0.379 e. The van der Waals surface area contributed by atoms with Crippen molar-refractivity contribution in [3.05, 3.63) is 0 Å². The third-order valence-electron chi connectivity index (χ3n) is 4.06. The van der Waals surface area contributed by atoms with Crippen molar-refractivity contribution in [2.75, 3.05) is 13.2 Å². The molecule has 1 aliphatic heterocycles. The predicted octanol–water partition coefficient (Wildman–Crippen LogP) is 2.14. The molecule has 0 bridgehead atoms. The van der Waals surface area contributed by atoms with Gasteiger partial charge in [0.1, 0.15) is 0 Å². The molecule has 1 spiro atoms. The standard InChI is InChI=1S/C15H28N2O2/c1-11(2)13-16-15(7-8-15)14(18)17(13)9-5-6-10-19-12(3)4/h11-13,16H,5-10H2,1-4H3. The first-order chi connectivity index (χ1) is 8.96. The number of carbonyl (C=O) groups is 1. The summed E-state index contributed by atoms with van der Waals surface area (Å²) in [4.78, 5) is 14.5. The molecule has 1 atom stereocenters. The summed E-state index contributed by atoms with van der Waals surface area (Å²) in [6.45, 7) is 10.1. The van der Waals surface area contributed by atoms with E-state index in [0.29, 0.717) is 17.9 Å². The number of unbranched alkanes of at least 4 members (excludes halogenated alkanes) is 1. The molecule has 1 N–H and O–H groups in total. The van der Waals surface area contributed by atoms with Crippen LogP contribution in [0.4, 0.5) is 0 Å². The first-order valence-corrected chi connectivity index (χ1v) is 7.67. The van der Waals surface area contributed by atoms with E-state index >= 15 is 0 Å². The van der Waals surface area contributed by atoms with Crippen LogP contribution in [0.2, 0.25) is 0 Å². The van der Waals surface area contributed by atoms with Crippen LogP contribution in [0.1, 0.15) is 53.4 Å². The molecule has 0 aromatic carbocycles. The van der Waals surface area contributed by atoms with Crippen molar-refractivity contribution in [3.63, 3.8) is 0 Å². The van der Waals surface area contributed by atoms with Crippen molar-refractivity contribution >= 4 is 5.91 Å². The zero-order chi connectivity index (χ0) is 14.0. The van der Waals surface area contributed by atoms with E-state index in [1.807, 2.05) is 0 Å². The summed E-state index contributed by atoms with van der Waals surface area (Å²) in [5, 5.41) is 3.54. The van der Waals surface area contributed by atoms with Crippen molar-refractivity contribution in [2.45, 2.75) is 71.2 Å². The van der Waals surface area contributed by atoms with Gasteiger partial charge in [0.25, 0.3) is 0 Å². The Kier molecular flexibility index (Phi) is 4.51. The minimum absolute atomic E-state index is 0.177. The molecule has 1 saturated heterocycles. The summed E-state index contributed by atoms with van der Waals surface area (Å²) in [6.07, 6.45) is 4.61. The fourth-order valence-electron chi connectivity index (χ4n) is 2.78. The molecule has 0 radical (unpaired) electrons. The highest BCUT2D eigenvalue weighted by molar-refractivity contribution is 5.91. The van der Waals surface area contributed by atoms with Gasteiger partial charge >= 0.3 is 0 Å². The fourth-order valence-corrected chi connectivity index (χ4v) is 2.78. The van der Waals surface area contributed by atoms with Crippen molar-refractivity contribution < 1.29 is 9.53 Å². The number of amides is 1. The number of nitrogens with one attached hydrogen (secondary N) is 1. The Labute approximate surface area is 116 Å². The van der Waals surface area contributed by atoms with E-state index in [1.165, 1.54) is 0 Å². The first-order valence-electron chi connectivity index (χ1n) is 7.67. The Morgan fingerprint density at radius 3 is 2.53 bits per heavy atom. The summed E-state index contributed by atoms with van der Waals surface area (Å²) in [7, 11) is 0. The van der Waals surface area contributed by atoms with E-state index in [-0.39, 0.29) is 11.7 Å². The Hall–Kier alpha value is -0.610. The zero-order valence-electron chi connectivity index (χ0n) is 12.7. The van der Waals surface area contributed by atoms with E-state index in [0.717, 1.165) is 38.8 Å². The summed E-state index contributed by atoms with van der Waals surface area (Å²) >= 11 is 0. The molecule has 19 heavy (non-hydrogen) atoms. The van der Waals surface area contributed by atoms with Crippen LogP contribution in [0.5, 0.6) is 0 Å². The van der Waals surface area contributed by atoms with E-state index in [2.05, 4.69) is 37.9 Å². The highest BCUT2D eigenvalue weighted by atomic mass is 16.5. The number of hydrogen-bond acceptors (Lipinski definition) is 3. The van der Waals surface area contributed by atoms with Crippen LogP contribution in [0.25, 0.3) is 0 Å². The van der Waals surface area contributed by atoms with Gasteiger partial charge in [-0.3, -0.25) is 10.1 Å². The third kappa shape index (κ3) is 3.29. The van der Waals surface area contributed by atoms with Gasteiger partial charge in [-0.15, -0.1) is 0 Å². The average molecular weight is 268 g/mol. The van der Waals surface area contributed by atoms with E-state index in [4.69, 9.17) is 4.74 Å². The number of hydrogen-bond donors (Lipinski definition) is 1. The average Bonchev–Trinajstić information content (AvgIpc) is 3.05. The Balaban J connectivity index is 1.79. The van der Waals surface area contributed by atoms with Gasteiger partial charge in [-0.05, 0) is 45.4 Å². The van der Waals surface area contributed by atoms with Crippen molar-refractivity contribution in [1.82, 2.24) is 10.2 Å². The number of ether oxygens (including phenoxy) is 1. The van der Waals surface area contributed by atoms with Crippen LogP contribution >= 0.6 is 0 Å². The summed E-state index contributed by atoms with van der Waals surface area (Å²) in [5.41, 5.74) is -0.177. The molecule has 4 nitrogen and oxygen atoms in total. The van der Waals surface area contributed by atoms with E-state index in [9.17, 15) is 4.79 Å². The normalized spacial score (nSPS) is 25.1. The van der Waals surface area contributed by atoms with Gasteiger partial charge in [-0.25, -0.2) is 0 Å². The van der Waals surface area contributed by atoms with Gasteiger partial charge in [0.05, 0.1) is 17.8 Å². The van der Waals surface area contributed by atoms with Gasteiger partial charge in [0.2, 0.25) is 5.91 Å². The second-order valence-corrected chi connectivity index (χ2v) is 6.54. The smallest absolute Gasteiger partial charge is 0.244 e. The van der Waals surface area contributed by atoms with Crippen LogP contribution in [0.15, 0.2) is 0 Å². The minimum Gasteiger partial charge on any atom is -0.379 e. The maximum Gasteiger partial charge on any atom is 0.244 e. The van der Waals surface area contributed by atoms with Gasteiger partial charge in [0.15, 0.2) is 0 Å². The molecule has 4 heteroatoms. The number of rotatable bonds is 7. The van der Waals surface area contributed by atoms with Crippen LogP contribution in [-0.2, 0) is 9.53 Å². The van der Waals surface area contributed by atoms with Crippen LogP contribution in [-0.4, -0.2) is 41.8 Å². The summed E-state index contributed by atoms with van der Waals surface area (Å²) in [6, 6.07) is 0. The molecule has 1 saturated carbocycles. The van der Waals surface area contributed by atoms with Crippen molar-refractivity contribution in [1.29, 1.82) is 0 Å². The molecule has 1 unspecified atom stereocenters. The molecule has 0 aromatic heterocycles. The van der Waals surface area contributed by atoms with Crippen LogP contribution < -0.4 is 5.32 Å². The molecular formula is C15H28N2O2. The Morgan fingerprint density at radius 2 is 2.00 bits per heavy atom. The highest BCUT2D eigenvalue weighted by Gasteiger charge is 2.59. The maximum atomic E-state index is 12.4. The van der Waals surface area contributed by atoms with Gasteiger partial charge in [-0.1, -0.05) is 13.8 Å². The van der Waals surface area contributed by atoms with Crippen molar-refractivity contribution in [3.8, 4) is 0 Å². The van der Waals surface area contributed by atoms with E-state index in [1.54, 1.807) is 0 Å². The van der Waals surface area contributed by atoms with Gasteiger partial charge in [-0.2, -0.15) is 0 Å². The second kappa shape index (κ2) is 5.80. The number of carbonyl (C=O) groups excluding carboxylic acids is 1. The topological polar surface area (TPSA) is 41.6 Å². The van der Waals surface area contributed by atoms with Gasteiger partial charge in [0, 0.05) is 13.2 Å². The lowest BCUT2D eigenvalue weighted by Crippen LogP contribution is -2.42. The summed E-state index contributed by atoms with van der Waals surface area (Å²) < 4.78 is 5.54. The third-order valence-corrected chi connectivity index (χ3v) is 4.06. The fraction of sp³-hybridized carbons (Fsp3) is 0.933. The predicted molar refractivity (Wildman–Crippen MR) is 75.8 cm³/mol. The SMILES string of the molecule is CC(C)OCCCCN1C(=O)C2(CC2)NC1C(C)C. The molecule has 2 rings (SSSR count). The lowest BCUT2D eigenvalue weighted by Gasteiger charge is -2.27. The lowest BCUT2D eigenvalue weighted by atomic mass is 10.1. The Bertz CT molecular complexity index is 324. The molecule has 110 valence electrons. The lowest BCUT2D eigenvalue weighted by molar-refractivity contribution is -0.131. The molecular weight excluding hydrogens is 240 g/mol. The molecule has 1 heterocycles. The second-order valence-electron chi connectivity index (χ2n) is 6.54. The zero-order valence-corrected chi connectivity index (χ0v) is 12.7. The Morgan fingerprint density at radius 1 is 1.32 bits per heavy atom. The molecule has 1 aliphatic carbocycles. The maximum absolute atomic E-state index is 12.4. The van der Waals surface area contributed by atoms with Crippen LogP contribution in [0.3, 0.4) is 0 Å². The van der Waals surface area contributed by atoms with Crippen LogP contribution in [0, 0.1) is 5.92 Å². The molecule has 2 fully saturated rings.